The Morgan fingerprint density at radius 2 is 2.00 bits per heavy atom. The number of hydrogen-bond acceptors (Lipinski definition) is 2. The standard InChI is InChI=1S/C16H21NS/c1-4-7-17-10-14-6-5-12(2)16(9-14)15-8-13(3)18-11-15/h5-6,8-9,11,17H,4,7,10H2,1-3H3. The number of aryl methyl sites for hydroxylation is 2. The largest absolute Gasteiger partial charge is 0.313 e. The van der Waals surface area contributed by atoms with Gasteiger partial charge in [-0.05, 0) is 66.6 Å². The van der Waals surface area contributed by atoms with Crippen molar-refractivity contribution in [2.24, 2.45) is 0 Å². The van der Waals surface area contributed by atoms with Gasteiger partial charge in [0.2, 0.25) is 0 Å². The minimum Gasteiger partial charge on any atom is -0.313 e. The Kier molecular flexibility index (Phi) is 4.56. The van der Waals surface area contributed by atoms with Crippen molar-refractivity contribution in [3.8, 4) is 11.1 Å². The molecule has 2 rings (SSSR count). The Morgan fingerprint density at radius 3 is 2.67 bits per heavy atom. The fraction of sp³-hybridized carbons (Fsp3) is 0.375. The third kappa shape index (κ3) is 3.21. The van der Waals surface area contributed by atoms with Gasteiger partial charge in [-0.1, -0.05) is 19.1 Å². The first-order valence-corrected chi connectivity index (χ1v) is 7.44. The topological polar surface area (TPSA) is 12.0 Å². The summed E-state index contributed by atoms with van der Waals surface area (Å²) in [5, 5.41) is 5.71. The Morgan fingerprint density at radius 1 is 1.17 bits per heavy atom. The summed E-state index contributed by atoms with van der Waals surface area (Å²) in [4.78, 5) is 1.37. The average Bonchev–Trinajstić information content (AvgIpc) is 2.78. The minimum absolute atomic E-state index is 0.963. The molecule has 96 valence electrons. The van der Waals surface area contributed by atoms with Crippen molar-refractivity contribution >= 4 is 11.3 Å². The van der Waals surface area contributed by atoms with Crippen molar-refractivity contribution in [3.05, 3.63) is 45.6 Å². The second-order valence-corrected chi connectivity index (χ2v) is 5.89. The van der Waals surface area contributed by atoms with E-state index < -0.39 is 0 Å². The van der Waals surface area contributed by atoms with Crippen LogP contribution in [0.15, 0.2) is 29.6 Å². The molecule has 0 bridgehead atoms. The summed E-state index contributed by atoms with van der Waals surface area (Å²) in [5.41, 5.74) is 5.45. The Balaban J connectivity index is 2.21. The number of nitrogens with one attached hydrogen (secondary N) is 1. The maximum absolute atomic E-state index is 3.46. The lowest BCUT2D eigenvalue weighted by Crippen LogP contribution is -2.13. The fourth-order valence-corrected chi connectivity index (χ4v) is 2.79. The smallest absolute Gasteiger partial charge is 0.0205 e. The second kappa shape index (κ2) is 6.17. The summed E-state index contributed by atoms with van der Waals surface area (Å²) < 4.78 is 0. The van der Waals surface area contributed by atoms with E-state index in [2.05, 4.69) is 55.7 Å². The molecule has 1 aromatic carbocycles. The van der Waals surface area contributed by atoms with Crippen LogP contribution in [0, 0.1) is 13.8 Å². The van der Waals surface area contributed by atoms with Gasteiger partial charge in [0.15, 0.2) is 0 Å². The zero-order valence-electron chi connectivity index (χ0n) is 11.4. The zero-order valence-corrected chi connectivity index (χ0v) is 12.2. The van der Waals surface area contributed by atoms with Gasteiger partial charge in [-0.2, -0.15) is 0 Å². The minimum atomic E-state index is 0.963. The van der Waals surface area contributed by atoms with Gasteiger partial charge in [-0.25, -0.2) is 0 Å². The average molecular weight is 259 g/mol. The molecule has 0 saturated heterocycles. The molecule has 0 aliphatic heterocycles. The highest BCUT2D eigenvalue weighted by Crippen LogP contribution is 2.28. The van der Waals surface area contributed by atoms with E-state index in [-0.39, 0.29) is 0 Å². The van der Waals surface area contributed by atoms with Crippen LogP contribution >= 0.6 is 11.3 Å². The van der Waals surface area contributed by atoms with Crippen LogP contribution < -0.4 is 5.32 Å². The first-order valence-electron chi connectivity index (χ1n) is 6.56. The van der Waals surface area contributed by atoms with E-state index in [0.29, 0.717) is 0 Å². The summed E-state index contributed by atoms with van der Waals surface area (Å²) >= 11 is 1.82. The number of hydrogen-bond donors (Lipinski definition) is 1. The molecule has 1 nitrogen and oxygen atoms in total. The van der Waals surface area contributed by atoms with Gasteiger partial charge in [0.1, 0.15) is 0 Å². The van der Waals surface area contributed by atoms with Crippen LogP contribution in [0.3, 0.4) is 0 Å². The first-order chi connectivity index (χ1) is 8.70. The molecular formula is C16H21NS. The fourth-order valence-electron chi connectivity index (χ4n) is 2.08. The Labute approximate surface area is 114 Å². The van der Waals surface area contributed by atoms with Crippen LogP contribution in [-0.2, 0) is 6.54 Å². The molecule has 1 heterocycles. The molecule has 0 fully saturated rings. The van der Waals surface area contributed by atoms with Crippen molar-refractivity contribution in [1.82, 2.24) is 5.32 Å². The van der Waals surface area contributed by atoms with Crippen molar-refractivity contribution in [1.29, 1.82) is 0 Å². The quantitative estimate of drug-likeness (QED) is 0.778. The first kappa shape index (κ1) is 13.3. The third-order valence-electron chi connectivity index (χ3n) is 3.10. The second-order valence-electron chi connectivity index (χ2n) is 4.77. The number of benzene rings is 1. The molecule has 1 aromatic heterocycles. The van der Waals surface area contributed by atoms with Crippen LogP contribution in [0.25, 0.3) is 11.1 Å². The summed E-state index contributed by atoms with van der Waals surface area (Å²) in [6.45, 7) is 8.59. The third-order valence-corrected chi connectivity index (χ3v) is 3.96. The molecule has 18 heavy (non-hydrogen) atoms. The van der Waals surface area contributed by atoms with Crippen LogP contribution in [0.2, 0.25) is 0 Å². The molecule has 0 spiro atoms. The van der Waals surface area contributed by atoms with E-state index in [9.17, 15) is 0 Å². The monoisotopic (exact) mass is 259 g/mol. The SMILES string of the molecule is CCCNCc1ccc(C)c(-c2csc(C)c2)c1. The molecule has 0 radical (unpaired) electrons. The van der Waals surface area contributed by atoms with Gasteiger partial charge in [-0.3, -0.25) is 0 Å². The van der Waals surface area contributed by atoms with Crippen LogP contribution in [0.1, 0.15) is 29.3 Å². The van der Waals surface area contributed by atoms with Gasteiger partial charge >= 0.3 is 0 Å². The molecule has 0 amide bonds. The van der Waals surface area contributed by atoms with Crippen molar-refractivity contribution in [2.45, 2.75) is 33.7 Å². The maximum atomic E-state index is 3.46. The van der Waals surface area contributed by atoms with Crippen LogP contribution in [0.4, 0.5) is 0 Å². The van der Waals surface area contributed by atoms with Gasteiger partial charge in [-0.15, -0.1) is 11.3 Å². The summed E-state index contributed by atoms with van der Waals surface area (Å²) in [6.07, 6.45) is 1.18. The molecule has 0 aliphatic carbocycles. The summed E-state index contributed by atoms with van der Waals surface area (Å²) in [7, 11) is 0. The molecule has 0 aliphatic rings. The summed E-state index contributed by atoms with van der Waals surface area (Å²) in [6, 6.07) is 9.04. The predicted molar refractivity (Wildman–Crippen MR) is 81.2 cm³/mol. The molecule has 0 saturated carbocycles. The van der Waals surface area contributed by atoms with Gasteiger partial charge in [0, 0.05) is 11.4 Å². The molecular weight excluding hydrogens is 238 g/mol. The van der Waals surface area contributed by atoms with Crippen molar-refractivity contribution in [3.63, 3.8) is 0 Å². The highest BCUT2D eigenvalue weighted by molar-refractivity contribution is 7.10. The molecule has 2 aromatic rings. The lowest BCUT2D eigenvalue weighted by molar-refractivity contribution is 0.675. The number of thiophene rings is 1. The lowest BCUT2D eigenvalue weighted by atomic mass is 10.00. The van der Waals surface area contributed by atoms with Crippen molar-refractivity contribution < 1.29 is 0 Å². The summed E-state index contributed by atoms with van der Waals surface area (Å²) in [5.74, 6) is 0. The molecule has 0 unspecified atom stereocenters. The van der Waals surface area contributed by atoms with E-state index in [0.717, 1.165) is 13.1 Å². The molecule has 1 N–H and O–H groups in total. The highest BCUT2D eigenvalue weighted by Gasteiger charge is 2.05. The molecule has 0 atom stereocenters. The van der Waals surface area contributed by atoms with E-state index >= 15 is 0 Å². The Bertz CT molecular complexity index is 514. The van der Waals surface area contributed by atoms with Gasteiger partial charge < -0.3 is 5.32 Å². The van der Waals surface area contributed by atoms with Crippen LogP contribution in [-0.4, -0.2) is 6.54 Å². The zero-order chi connectivity index (χ0) is 13.0. The predicted octanol–water partition coefficient (Wildman–Crippen LogP) is 4.53. The van der Waals surface area contributed by atoms with E-state index in [1.807, 2.05) is 11.3 Å². The van der Waals surface area contributed by atoms with E-state index in [1.165, 1.54) is 33.6 Å². The maximum Gasteiger partial charge on any atom is 0.0205 e. The van der Waals surface area contributed by atoms with E-state index in [1.54, 1.807) is 0 Å². The van der Waals surface area contributed by atoms with Gasteiger partial charge in [0.25, 0.3) is 0 Å². The van der Waals surface area contributed by atoms with E-state index in [4.69, 9.17) is 0 Å². The lowest BCUT2D eigenvalue weighted by Gasteiger charge is -2.08. The molecule has 2 heteroatoms. The number of rotatable bonds is 5. The van der Waals surface area contributed by atoms with Crippen LogP contribution in [0.5, 0.6) is 0 Å². The van der Waals surface area contributed by atoms with Crippen molar-refractivity contribution in [2.75, 3.05) is 6.54 Å². The normalized spacial score (nSPS) is 10.8. The Hall–Kier alpha value is -1.12. The van der Waals surface area contributed by atoms with Gasteiger partial charge in [0.05, 0.1) is 0 Å². The highest BCUT2D eigenvalue weighted by atomic mass is 32.1.